The molecule has 0 amide bonds. The third-order valence-electron chi connectivity index (χ3n) is 5.93. The summed E-state index contributed by atoms with van der Waals surface area (Å²) >= 11 is 0. The molecular formula is C29H26NP. The molecule has 2 heteroatoms. The molecule has 0 saturated carbocycles. The molecule has 5 rings (SSSR count). The minimum Gasteiger partial charge on any atom is -0.378 e. The predicted molar refractivity (Wildman–Crippen MR) is 137 cm³/mol. The van der Waals surface area contributed by atoms with Gasteiger partial charge in [0.15, 0.2) is 0 Å². The molecule has 0 bridgehead atoms. The van der Waals surface area contributed by atoms with E-state index in [1.807, 2.05) is 0 Å². The average Bonchev–Trinajstić information content (AvgIpc) is 3.25. The van der Waals surface area contributed by atoms with Crippen LogP contribution in [0.3, 0.4) is 0 Å². The van der Waals surface area contributed by atoms with Crippen molar-refractivity contribution in [1.29, 1.82) is 0 Å². The van der Waals surface area contributed by atoms with Crippen LogP contribution in [0.2, 0.25) is 0 Å². The van der Waals surface area contributed by atoms with E-state index < -0.39 is 7.92 Å². The Morgan fingerprint density at radius 1 is 0.645 bits per heavy atom. The first kappa shape index (κ1) is 19.8. The second-order valence-corrected chi connectivity index (χ2v) is 10.3. The van der Waals surface area contributed by atoms with Crippen molar-refractivity contribution in [2.24, 2.45) is 0 Å². The fourth-order valence-electron chi connectivity index (χ4n) is 4.37. The lowest BCUT2D eigenvalue weighted by Gasteiger charge is -2.27. The van der Waals surface area contributed by atoms with Gasteiger partial charge in [-0.2, -0.15) is 0 Å². The van der Waals surface area contributed by atoms with Gasteiger partial charge in [0.05, 0.1) is 0 Å². The van der Waals surface area contributed by atoms with E-state index in [2.05, 4.69) is 134 Å². The molecule has 31 heavy (non-hydrogen) atoms. The van der Waals surface area contributed by atoms with E-state index in [0.717, 1.165) is 0 Å². The van der Waals surface area contributed by atoms with Crippen molar-refractivity contribution in [2.75, 3.05) is 19.0 Å². The van der Waals surface area contributed by atoms with Crippen LogP contribution in [0.5, 0.6) is 0 Å². The first-order chi connectivity index (χ1) is 15.2. The van der Waals surface area contributed by atoms with E-state index in [9.17, 15) is 0 Å². The highest BCUT2D eigenvalue weighted by Crippen LogP contribution is 2.41. The molecule has 1 atom stereocenters. The summed E-state index contributed by atoms with van der Waals surface area (Å²) < 4.78 is 0. The summed E-state index contributed by atoms with van der Waals surface area (Å²) in [5.41, 5.74) is 5.38. The minimum atomic E-state index is -0.674. The summed E-state index contributed by atoms with van der Waals surface area (Å²) in [6.07, 6.45) is 4.64. The molecule has 152 valence electrons. The Bertz CT molecular complexity index is 1170. The molecule has 0 aliphatic heterocycles. The number of fused-ring (bicyclic) bond motifs is 1. The predicted octanol–water partition coefficient (Wildman–Crippen LogP) is 5.67. The molecule has 1 aliphatic carbocycles. The fourth-order valence-corrected chi connectivity index (χ4v) is 6.90. The number of hydrogen-bond donors (Lipinski definition) is 0. The fraction of sp³-hybridized carbons (Fsp3) is 0.103. The monoisotopic (exact) mass is 419 g/mol. The van der Waals surface area contributed by atoms with Crippen molar-refractivity contribution in [3.8, 4) is 0 Å². The third-order valence-corrected chi connectivity index (χ3v) is 8.43. The number of allylic oxidation sites excluding steroid dienone is 1. The van der Waals surface area contributed by atoms with Crippen LogP contribution < -0.4 is 20.8 Å². The Morgan fingerprint density at radius 3 is 1.90 bits per heavy atom. The summed E-state index contributed by atoms with van der Waals surface area (Å²) in [6.45, 7) is 0. The molecule has 0 saturated heterocycles. The lowest BCUT2D eigenvalue weighted by Crippen LogP contribution is -2.25. The van der Waals surface area contributed by atoms with E-state index in [1.54, 1.807) is 0 Å². The largest absolute Gasteiger partial charge is 0.378 e. The van der Waals surface area contributed by atoms with Crippen molar-refractivity contribution < 1.29 is 0 Å². The molecule has 0 aromatic heterocycles. The van der Waals surface area contributed by atoms with Crippen molar-refractivity contribution in [3.63, 3.8) is 0 Å². The molecular weight excluding hydrogens is 393 g/mol. The number of anilines is 1. The molecule has 0 fully saturated rings. The smallest absolute Gasteiger partial charge is 0.0367 e. The Balaban J connectivity index is 1.74. The van der Waals surface area contributed by atoms with Crippen molar-refractivity contribution >= 4 is 35.6 Å². The zero-order chi connectivity index (χ0) is 21.2. The minimum absolute atomic E-state index is 0.292. The summed E-state index contributed by atoms with van der Waals surface area (Å²) in [4.78, 5) is 2.20. The first-order valence-electron chi connectivity index (χ1n) is 10.7. The van der Waals surface area contributed by atoms with Gasteiger partial charge in [0.25, 0.3) is 0 Å². The van der Waals surface area contributed by atoms with Crippen LogP contribution in [0.25, 0.3) is 6.08 Å². The number of hydrogen-bond acceptors (Lipinski definition) is 1. The molecule has 1 unspecified atom stereocenters. The maximum atomic E-state index is 2.41. The van der Waals surface area contributed by atoms with Crippen LogP contribution in [0.4, 0.5) is 5.69 Å². The topological polar surface area (TPSA) is 3.24 Å². The van der Waals surface area contributed by atoms with Gasteiger partial charge >= 0.3 is 0 Å². The highest BCUT2D eigenvalue weighted by Gasteiger charge is 2.26. The van der Waals surface area contributed by atoms with Gasteiger partial charge in [-0.05, 0) is 52.7 Å². The Morgan fingerprint density at radius 2 is 1.26 bits per heavy atom. The van der Waals surface area contributed by atoms with Crippen LogP contribution in [-0.2, 0) is 0 Å². The van der Waals surface area contributed by atoms with Crippen LogP contribution in [0.1, 0.15) is 22.6 Å². The second-order valence-electron chi connectivity index (χ2n) is 8.11. The third kappa shape index (κ3) is 3.82. The van der Waals surface area contributed by atoms with Gasteiger partial charge in [-0.15, -0.1) is 0 Å². The number of rotatable bonds is 5. The van der Waals surface area contributed by atoms with Crippen molar-refractivity contribution in [3.05, 3.63) is 126 Å². The lowest BCUT2D eigenvalue weighted by atomic mass is 9.93. The Labute approximate surface area is 186 Å². The quantitative estimate of drug-likeness (QED) is 0.377. The second kappa shape index (κ2) is 8.53. The average molecular weight is 420 g/mol. The normalized spacial score (nSPS) is 14.6. The van der Waals surface area contributed by atoms with Gasteiger partial charge in [0.1, 0.15) is 0 Å². The maximum Gasteiger partial charge on any atom is 0.0367 e. The van der Waals surface area contributed by atoms with E-state index in [-0.39, 0.29) is 0 Å². The van der Waals surface area contributed by atoms with E-state index in [1.165, 1.54) is 38.3 Å². The van der Waals surface area contributed by atoms with Crippen LogP contribution in [0.15, 0.2) is 109 Å². The molecule has 0 spiro atoms. The lowest BCUT2D eigenvalue weighted by molar-refractivity contribution is 1.05. The summed E-state index contributed by atoms with van der Waals surface area (Å²) in [7, 11) is 3.57. The van der Waals surface area contributed by atoms with Crippen molar-refractivity contribution in [1.82, 2.24) is 0 Å². The highest BCUT2D eigenvalue weighted by molar-refractivity contribution is 7.79. The first-order valence-corrected chi connectivity index (χ1v) is 12.0. The Hall–Kier alpha value is -3.15. The summed E-state index contributed by atoms with van der Waals surface area (Å²) in [5, 5.41) is 4.21. The SMILES string of the molecule is CN(C)c1ccc(C2C=Cc3ccccc32)c(P(c2ccccc2)c2ccccc2)c1. The van der Waals surface area contributed by atoms with E-state index in [4.69, 9.17) is 0 Å². The summed E-state index contributed by atoms with van der Waals surface area (Å²) in [6, 6.07) is 37.8. The summed E-state index contributed by atoms with van der Waals surface area (Å²) in [5.74, 6) is 0.292. The van der Waals surface area contributed by atoms with E-state index >= 15 is 0 Å². The molecule has 0 N–H and O–H groups in total. The van der Waals surface area contributed by atoms with Crippen LogP contribution >= 0.6 is 7.92 Å². The number of benzene rings is 4. The molecule has 4 aromatic rings. The van der Waals surface area contributed by atoms with Gasteiger partial charge < -0.3 is 4.90 Å². The van der Waals surface area contributed by atoms with Crippen molar-refractivity contribution in [2.45, 2.75) is 5.92 Å². The molecule has 1 aliphatic rings. The van der Waals surface area contributed by atoms with Crippen LogP contribution in [0, 0.1) is 0 Å². The molecule has 0 heterocycles. The van der Waals surface area contributed by atoms with Gasteiger partial charge in [-0.25, -0.2) is 0 Å². The van der Waals surface area contributed by atoms with E-state index in [0.29, 0.717) is 5.92 Å². The van der Waals surface area contributed by atoms with Gasteiger partial charge in [0.2, 0.25) is 0 Å². The zero-order valence-electron chi connectivity index (χ0n) is 17.9. The van der Waals surface area contributed by atoms with Gasteiger partial charge in [0, 0.05) is 25.7 Å². The maximum absolute atomic E-state index is 2.41. The van der Waals surface area contributed by atoms with Gasteiger partial charge in [-0.1, -0.05) is 103 Å². The molecule has 0 radical (unpaired) electrons. The Kier molecular flexibility index (Phi) is 5.45. The molecule has 4 aromatic carbocycles. The standard InChI is InChI=1S/C29H26NP/c1-30(2)23-18-20-28(27-19-17-22-11-9-10-16-26(22)27)29(21-23)31(24-12-5-3-6-13-24)25-14-7-4-8-15-25/h3-21,27H,1-2H3. The molecule has 1 nitrogen and oxygen atoms in total. The highest BCUT2D eigenvalue weighted by atomic mass is 31.1. The number of nitrogens with zero attached hydrogens (tertiary/aromatic N) is 1. The van der Waals surface area contributed by atoms with Crippen LogP contribution in [-0.4, -0.2) is 14.1 Å². The van der Waals surface area contributed by atoms with Gasteiger partial charge in [-0.3, -0.25) is 0 Å². The zero-order valence-corrected chi connectivity index (χ0v) is 18.8.